The third-order valence-corrected chi connectivity index (χ3v) is 5.42. The molecule has 1 amide bonds. The van der Waals surface area contributed by atoms with E-state index in [1.165, 1.54) is 0 Å². The molecule has 0 bridgehead atoms. The van der Waals surface area contributed by atoms with Crippen LogP contribution in [-0.4, -0.2) is 50.1 Å². The summed E-state index contributed by atoms with van der Waals surface area (Å²) >= 11 is 0. The van der Waals surface area contributed by atoms with Crippen LogP contribution < -0.4 is 5.32 Å². The minimum absolute atomic E-state index is 0.0505. The van der Waals surface area contributed by atoms with Crippen molar-refractivity contribution in [3.05, 3.63) is 48.0 Å². The van der Waals surface area contributed by atoms with Gasteiger partial charge in [-0.3, -0.25) is 9.78 Å². The van der Waals surface area contributed by atoms with Crippen molar-refractivity contribution in [1.29, 1.82) is 0 Å². The maximum absolute atomic E-state index is 12.7. The van der Waals surface area contributed by atoms with Crippen LogP contribution in [0, 0.1) is 11.8 Å². The Morgan fingerprint density at radius 3 is 2.81 bits per heavy atom. The van der Waals surface area contributed by atoms with Crippen molar-refractivity contribution >= 4 is 11.9 Å². The summed E-state index contributed by atoms with van der Waals surface area (Å²) in [6.07, 6.45) is 9.37. The molecule has 1 saturated carbocycles. The number of nitrogens with one attached hydrogen (secondary N) is 1. The summed E-state index contributed by atoms with van der Waals surface area (Å²) < 4.78 is 0. The number of aliphatic hydroxyl groups excluding tert-OH is 1. The molecule has 1 saturated heterocycles. The van der Waals surface area contributed by atoms with E-state index in [1.807, 2.05) is 17.0 Å². The van der Waals surface area contributed by atoms with Gasteiger partial charge in [-0.25, -0.2) is 9.97 Å². The van der Waals surface area contributed by atoms with Gasteiger partial charge in [-0.2, -0.15) is 0 Å². The van der Waals surface area contributed by atoms with Gasteiger partial charge in [-0.1, -0.05) is 12.5 Å². The van der Waals surface area contributed by atoms with Crippen LogP contribution in [0.25, 0.3) is 0 Å². The average Bonchev–Trinajstić information content (AvgIpc) is 3.13. The molecular formula is C19H23N5O2. The first-order valence-corrected chi connectivity index (χ1v) is 9.13. The second kappa shape index (κ2) is 7.37. The van der Waals surface area contributed by atoms with Gasteiger partial charge in [-0.15, -0.1) is 0 Å². The summed E-state index contributed by atoms with van der Waals surface area (Å²) in [5, 5.41) is 13.3. The van der Waals surface area contributed by atoms with Gasteiger partial charge in [0.1, 0.15) is 0 Å². The van der Waals surface area contributed by atoms with E-state index in [0.717, 1.165) is 31.4 Å². The topological polar surface area (TPSA) is 91.2 Å². The smallest absolute Gasteiger partial charge is 0.257 e. The molecule has 0 radical (unpaired) electrons. The number of rotatable bonds is 4. The van der Waals surface area contributed by atoms with E-state index in [-0.39, 0.29) is 17.9 Å². The SMILES string of the molecule is O=C(c1cnc(NCc2cccnc2)nc1)N1CC2CCC[C@@H](O)C2C1. The van der Waals surface area contributed by atoms with Gasteiger partial charge in [0.05, 0.1) is 11.7 Å². The van der Waals surface area contributed by atoms with Gasteiger partial charge >= 0.3 is 0 Å². The van der Waals surface area contributed by atoms with E-state index >= 15 is 0 Å². The zero-order valence-electron chi connectivity index (χ0n) is 14.6. The molecule has 1 aliphatic heterocycles. The van der Waals surface area contributed by atoms with Crippen LogP contribution in [0.4, 0.5) is 5.95 Å². The number of hydrogen-bond donors (Lipinski definition) is 2. The summed E-state index contributed by atoms with van der Waals surface area (Å²) in [5.41, 5.74) is 1.53. The quantitative estimate of drug-likeness (QED) is 0.870. The number of fused-ring (bicyclic) bond motifs is 1. The molecule has 2 aromatic heterocycles. The average molecular weight is 353 g/mol. The molecule has 7 heteroatoms. The molecule has 3 heterocycles. The highest BCUT2D eigenvalue weighted by Crippen LogP contribution is 2.36. The minimum atomic E-state index is -0.276. The lowest BCUT2D eigenvalue weighted by Gasteiger charge is -2.28. The highest BCUT2D eigenvalue weighted by Gasteiger charge is 2.41. The molecule has 2 aliphatic rings. The predicted molar refractivity (Wildman–Crippen MR) is 96.3 cm³/mol. The fraction of sp³-hybridized carbons (Fsp3) is 0.474. The minimum Gasteiger partial charge on any atom is -0.393 e. The van der Waals surface area contributed by atoms with Crippen molar-refractivity contribution in [3.63, 3.8) is 0 Å². The number of aliphatic hydroxyl groups is 1. The van der Waals surface area contributed by atoms with Gasteiger partial charge in [0.25, 0.3) is 5.91 Å². The lowest BCUT2D eigenvalue weighted by atomic mass is 9.80. The van der Waals surface area contributed by atoms with Gasteiger partial charge in [0, 0.05) is 50.3 Å². The summed E-state index contributed by atoms with van der Waals surface area (Å²) in [7, 11) is 0. The summed E-state index contributed by atoms with van der Waals surface area (Å²) in [4.78, 5) is 27.1. The third-order valence-electron chi connectivity index (χ3n) is 5.42. The van der Waals surface area contributed by atoms with E-state index in [1.54, 1.807) is 24.8 Å². The van der Waals surface area contributed by atoms with Crippen molar-refractivity contribution in [2.75, 3.05) is 18.4 Å². The van der Waals surface area contributed by atoms with Crippen LogP contribution >= 0.6 is 0 Å². The summed E-state index contributed by atoms with van der Waals surface area (Å²) in [6, 6.07) is 3.85. The number of pyridine rings is 1. The third kappa shape index (κ3) is 3.53. The van der Waals surface area contributed by atoms with Crippen molar-refractivity contribution in [3.8, 4) is 0 Å². The maximum Gasteiger partial charge on any atom is 0.257 e. The second-order valence-electron chi connectivity index (χ2n) is 7.14. The molecule has 2 aromatic rings. The first kappa shape index (κ1) is 16.9. The molecule has 3 atom stereocenters. The molecule has 26 heavy (non-hydrogen) atoms. The Labute approximate surface area is 152 Å². The van der Waals surface area contributed by atoms with Crippen molar-refractivity contribution < 1.29 is 9.90 Å². The zero-order valence-corrected chi connectivity index (χ0v) is 14.6. The number of anilines is 1. The normalized spacial score (nSPS) is 25.0. The molecule has 2 N–H and O–H groups in total. The largest absolute Gasteiger partial charge is 0.393 e. The van der Waals surface area contributed by atoms with Crippen LogP contribution in [0.2, 0.25) is 0 Å². The Kier molecular flexibility index (Phi) is 4.79. The summed E-state index contributed by atoms with van der Waals surface area (Å²) in [5.74, 6) is 1.07. The second-order valence-corrected chi connectivity index (χ2v) is 7.14. The lowest BCUT2D eigenvalue weighted by molar-refractivity contribution is 0.0539. The monoisotopic (exact) mass is 353 g/mol. The van der Waals surface area contributed by atoms with Crippen LogP contribution in [-0.2, 0) is 6.54 Å². The molecule has 0 aromatic carbocycles. The maximum atomic E-state index is 12.7. The Hall–Kier alpha value is -2.54. The lowest BCUT2D eigenvalue weighted by Crippen LogP contribution is -2.32. The number of aromatic nitrogens is 3. The number of carbonyl (C=O) groups excluding carboxylic acids is 1. The van der Waals surface area contributed by atoms with Gasteiger partial charge in [0.15, 0.2) is 0 Å². The van der Waals surface area contributed by atoms with Gasteiger partial charge in [-0.05, 0) is 30.4 Å². The van der Waals surface area contributed by atoms with E-state index in [0.29, 0.717) is 30.5 Å². The standard InChI is InChI=1S/C19H23N5O2/c25-17-5-1-4-14-11-24(12-16(14)17)18(26)15-9-22-19(23-10-15)21-8-13-3-2-6-20-7-13/h2-3,6-7,9-10,14,16-17,25H,1,4-5,8,11-12H2,(H,21,22,23)/t14?,16?,17-/m1/s1. The van der Waals surface area contributed by atoms with Crippen LogP contribution in [0.5, 0.6) is 0 Å². The van der Waals surface area contributed by atoms with Gasteiger partial charge < -0.3 is 15.3 Å². The van der Waals surface area contributed by atoms with Crippen molar-refractivity contribution in [1.82, 2.24) is 19.9 Å². The molecule has 2 fully saturated rings. The van der Waals surface area contributed by atoms with Crippen LogP contribution in [0.15, 0.2) is 36.9 Å². The number of amides is 1. The Bertz CT molecular complexity index is 752. The number of carbonyl (C=O) groups is 1. The van der Waals surface area contributed by atoms with Crippen molar-refractivity contribution in [2.45, 2.75) is 31.9 Å². The molecule has 136 valence electrons. The Morgan fingerprint density at radius 1 is 1.23 bits per heavy atom. The fourth-order valence-corrected chi connectivity index (χ4v) is 4.00. The van der Waals surface area contributed by atoms with E-state index < -0.39 is 0 Å². The number of likely N-dealkylation sites (tertiary alicyclic amines) is 1. The van der Waals surface area contributed by atoms with Crippen molar-refractivity contribution in [2.24, 2.45) is 11.8 Å². The fourth-order valence-electron chi connectivity index (χ4n) is 4.00. The van der Waals surface area contributed by atoms with E-state index in [2.05, 4.69) is 20.3 Å². The van der Waals surface area contributed by atoms with Gasteiger partial charge in [0.2, 0.25) is 5.95 Å². The number of nitrogens with zero attached hydrogens (tertiary/aromatic N) is 4. The highest BCUT2D eigenvalue weighted by molar-refractivity contribution is 5.93. The van der Waals surface area contributed by atoms with Crippen LogP contribution in [0.1, 0.15) is 35.2 Å². The molecule has 0 spiro atoms. The zero-order chi connectivity index (χ0) is 17.9. The molecule has 2 unspecified atom stereocenters. The Morgan fingerprint density at radius 2 is 2.08 bits per heavy atom. The highest BCUT2D eigenvalue weighted by atomic mass is 16.3. The van der Waals surface area contributed by atoms with E-state index in [4.69, 9.17) is 0 Å². The Balaban J connectivity index is 1.37. The summed E-state index contributed by atoms with van der Waals surface area (Å²) in [6.45, 7) is 1.93. The van der Waals surface area contributed by atoms with Crippen LogP contribution in [0.3, 0.4) is 0 Å². The molecule has 7 nitrogen and oxygen atoms in total. The first-order valence-electron chi connectivity index (χ1n) is 9.13. The first-order chi connectivity index (χ1) is 12.7. The molecule has 1 aliphatic carbocycles. The predicted octanol–water partition coefficient (Wildman–Crippen LogP) is 1.72. The molecular weight excluding hydrogens is 330 g/mol. The molecule has 4 rings (SSSR count). The number of hydrogen-bond acceptors (Lipinski definition) is 6. The van der Waals surface area contributed by atoms with E-state index in [9.17, 15) is 9.90 Å².